The highest BCUT2D eigenvalue weighted by molar-refractivity contribution is 5.42. The molecule has 0 bridgehead atoms. The van der Waals surface area contributed by atoms with Crippen LogP contribution in [-0.4, -0.2) is 38.3 Å². The summed E-state index contributed by atoms with van der Waals surface area (Å²) < 4.78 is 10.7. The Morgan fingerprint density at radius 2 is 1.36 bits per heavy atom. The number of fused-ring (bicyclic) bond motifs is 1. The summed E-state index contributed by atoms with van der Waals surface area (Å²) in [7, 11) is 3.52. The third-order valence-corrected chi connectivity index (χ3v) is 4.57. The molecule has 0 fully saturated rings. The maximum absolute atomic E-state index is 5.36. The van der Waals surface area contributed by atoms with Crippen molar-refractivity contribution in [2.75, 3.05) is 27.3 Å². The van der Waals surface area contributed by atoms with E-state index in [1.54, 1.807) is 14.2 Å². The van der Waals surface area contributed by atoms with Crippen LogP contribution in [0.2, 0.25) is 0 Å². The van der Waals surface area contributed by atoms with Crippen molar-refractivity contribution in [1.82, 2.24) is 4.90 Å². The van der Waals surface area contributed by atoms with Crippen LogP contribution in [0, 0.1) is 0 Å². The highest BCUT2D eigenvalue weighted by Crippen LogP contribution is 2.29. The Bertz CT molecular complexity index is 432. The first kappa shape index (κ1) is 17.5. The monoisotopic (exact) mass is 305 g/mol. The van der Waals surface area contributed by atoms with E-state index < -0.39 is 0 Å². The summed E-state index contributed by atoms with van der Waals surface area (Å²) in [5.74, 6) is 0. The van der Waals surface area contributed by atoms with Crippen LogP contribution in [0.5, 0.6) is 0 Å². The summed E-state index contributed by atoms with van der Waals surface area (Å²) in [5.41, 5.74) is 5.57. The molecule has 1 aliphatic rings. The Kier molecular flexibility index (Phi) is 6.87. The van der Waals surface area contributed by atoms with Gasteiger partial charge in [-0.25, -0.2) is 0 Å². The third-order valence-electron chi connectivity index (χ3n) is 4.57. The molecule has 0 heterocycles. The van der Waals surface area contributed by atoms with E-state index in [2.05, 4.69) is 30.9 Å². The summed E-state index contributed by atoms with van der Waals surface area (Å²) >= 11 is 0. The normalized spacial score (nSPS) is 14.8. The minimum absolute atomic E-state index is 0.670. The number of methoxy groups -OCH3 is 2. The molecule has 0 amide bonds. The molecule has 0 atom stereocenters. The Labute approximate surface area is 135 Å². The van der Waals surface area contributed by atoms with E-state index in [1.807, 2.05) is 0 Å². The van der Waals surface area contributed by atoms with Crippen molar-refractivity contribution in [3.8, 4) is 0 Å². The highest BCUT2D eigenvalue weighted by Gasteiger charge is 2.27. The zero-order chi connectivity index (χ0) is 15.9. The molecule has 3 heteroatoms. The second kappa shape index (κ2) is 8.66. The lowest BCUT2D eigenvalue weighted by atomic mass is 10.0. The van der Waals surface area contributed by atoms with Crippen molar-refractivity contribution in [2.24, 2.45) is 0 Å². The average molecular weight is 305 g/mol. The fraction of sp³-hybridized carbons (Fsp3) is 0.684. The SMILES string of the molecule is CCCN(CCC)C1Cc2cc(COC)c(COC)cc2C1. The van der Waals surface area contributed by atoms with E-state index in [4.69, 9.17) is 9.47 Å². The van der Waals surface area contributed by atoms with Crippen LogP contribution >= 0.6 is 0 Å². The van der Waals surface area contributed by atoms with Gasteiger partial charge in [0.15, 0.2) is 0 Å². The van der Waals surface area contributed by atoms with Crippen molar-refractivity contribution >= 4 is 0 Å². The molecule has 0 unspecified atom stereocenters. The second-order valence-electron chi connectivity index (χ2n) is 6.35. The molecule has 22 heavy (non-hydrogen) atoms. The van der Waals surface area contributed by atoms with Gasteiger partial charge in [0.05, 0.1) is 13.2 Å². The third kappa shape index (κ3) is 4.09. The molecule has 2 rings (SSSR count). The van der Waals surface area contributed by atoms with Crippen LogP contribution in [0.4, 0.5) is 0 Å². The average Bonchev–Trinajstić information content (AvgIpc) is 2.90. The molecular weight excluding hydrogens is 274 g/mol. The minimum atomic E-state index is 0.670. The lowest BCUT2D eigenvalue weighted by Crippen LogP contribution is -2.37. The molecule has 0 saturated heterocycles. The van der Waals surface area contributed by atoms with E-state index in [-0.39, 0.29) is 0 Å². The first-order valence-corrected chi connectivity index (χ1v) is 8.58. The maximum atomic E-state index is 5.36. The van der Waals surface area contributed by atoms with Gasteiger partial charge in [0.25, 0.3) is 0 Å². The topological polar surface area (TPSA) is 21.7 Å². The van der Waals surface area contributed by atoms with Gasteiger partial charge in [0.1, 0.15) is 0 Å². The van der Waals surface area contributed by atoms with Gasteiger partial charge in [-0.15, -0.1) is 0 Å². The van der Waals surface area contributed by atoms with Crippen LogP contribution in [-0.2, 0) is 35.5 Å². The molecule has 0 spiro atoms. The van der Waals surface area contributed by atoms with E-state index in [0.29, 0.717) is 19.3 Å². The predicted octanol–water partition coefficient (Wildman–Crippen LogP) is 3.57. The molecule has 0 radical (unpaired) electrons. The number of nitrogens with zero attached hydrogens (tertiary/aromatic N) is 1. The van der Waals surface area contributed by atoms with E-state index in [0.717, 1.165) is 0 Å². The zero-order valence-corrected chi connectivity index (χ0v) is 14.7. The Balaban J connectivity index is 2.18. The molecule has 0 aliphatic heterocycles. The fourth-order valence-electron chi connectivity index (χ4n) is 3.64. The summed E-state index contributed by atoms with van der Waals surface area (Å²) in [6.07, 6.45) is 4.83. The molecule has 124 valence electrons. The molecule has 1 aromatic rings. The standard InChI is InChI=1S/C19H31NO2/c1-5-7-20(8-6-2)19-11-15-9-17(13-21-3)18(14-22-4)10-16(15)12-19/h9-10,19H,5-8,11-14H2,1-4H3. The highest BCUT2D eigenvalue weighted by atomic mass is 16.5. The molecule has 1 aliphatic carbocycles. The van der Waals surface area contributed by atoms with Crippen LogP contribution in [0.25, 0.3) is 0 Å². The number of ether oxygens (including phenoxy) is 2. The molecule has 3 nitrogen and oxygen atoms in total. The van der Waals surface area contributed by atoms with Crippen molar-refractivity contribution < 1.29 is 9.47 Å². The largest absolute Gasteiger partial charge is 0.380 e. The van der Waals surface area contributed by atoms with Gasteiger partial charge in [-0.1, -0.05) is 26.0 Å². The Morgan fingerprint density at radius 1 is 0.909 bits per heavy atom. The van der Waals surface area contributed by atoms with E-state index >= 15 is 0 Å². The van der Waals surface area contributed by atoms with Crippen molar-refractivity contribution in [1.29, 1.82) is 0 Å². The molecule has 0 saturated carbocycles. The van der Waals surface area contributed by atoms with Crippen LogP contribution in [0.3, 0.4) is 0 Å². The van der Waals surface area contributed by atoms with Gasteiger partial charge in [0, 0.05) is 20.3 Å². The Hall–Kier alpha value is -0.900. The fourth-order valence-corrected chi connectivity index (χ4v) is 3.64. The molecule has 0 N–H and O–H groups in total. The quantitative estimate of drug-likeness (QED) is 0.696. The number of hydrogen-bond acceptors (Lipinski definition) is 3. The van der Waals surface area contributed by atoms with Gasteiger partial charge >= 0.3 is 0 Å². The predicted molar refractivity (Wildman–Crippen MR) is 91.2 cm³/mol. The first-order valence-electron chi connectivity index (χ1n) is 8.58. The number of hydrogen-bond donors (Lipinski definition) is 0. The van der Waals surface area contributed by atoms with Gasteiger partial charge in [-0.2, -0.15) is 0 Å². The summed E-state index contributed by atoms with van der Waals surface area (Å²) in [5, 5.41) is 0. The lowest BCUT2D eigenvalue weighted by molar-refractivity contribution is 0.168. The summed E-state index contributed by atoms with van der Waals surface area (Å²) in [4.78, 5) is 2.67. The van der Waals surface area contributed by atoms with Crippen molar-refractivity contribution in [2.45, 2.75) is 58.8 Å². The van der Waals surface area contributed by atoms with E-state index in [1.165, 1.54) is 61.0 Å². The van der Waals surface area contributed by atoms with Gasteiger partial charge in [-0.05, 0) is 61.0 Å². The second-order valence-corrected chi connectivity index (χ2v) is 6.35. The smallest absolute Gasteiger partial charge is 0.0716 e. The molecule has 1 aromatic carbocycles. The van der Waals surface area contributed by atoms with Crippen molar-refractivity contribution in [3.05, 3.63) is 34.4 Å². The minimum Gasteiger partial charge on any atom is -0.380 e. The Morgan fingerprint density at radius 3 is 1.73 bits per heavy atom. The lowest BCUT2D eigenvalue weighted by Gasteiger charge is -2.27. The maximum Gasteiger partial charge on any atom is 0.0716 e. The van der Waals surface area contributed by atoms with Gasteiger partial charge < -0.3 is 9.47 Å². The van der Waals surface area contributed by atoms with Gasteiger partial charge in [0.2, 0.25) is 0 Å². The van der Waals surface area contributed by atoms with E-state index in [9.17, 15) is 0 Å². The summed E-state index contributed by atoms with van der Waals surface area (Å²) in [6.45, 7) is 8.32. The first-order chi connectivity index (χ1) is 10.7. The number of benzene rings is 1. The van der Waals surface area contributed by atoms with Crippen LogP contribution in [0.15, 0.2) is 12.1 Å². The zero-order valence-electron chi connectivity index (χ0n) is 14.7. The molecular formula is C19H31NO2. The van der Waals surface area contributed by atoms with Crippen LogP contribution < -0.4 is 0 Å². The van der Waals surface area contributed by atoms with Gasteiger partial charge in [-0.3, -0.25) is 4.90 Å². The summed E-state index contributed by atoms with van der Waals surface area (Å²) in [6, 6.07) is 5.37. The molecule has 0 aromatic heterocycles. The number of rotatable bonds is 9. The van der Waals surface area contributed by atoms with Crippen molar-refractivity contribution in [3.63, 3.8) is 0 Å². The van der Waals surface area contributed by atoms with Crippen LogP contribution in [0.1, 0.15) is 48.9 Å².